The lowest BCUT2D eigenvalue weighted by atomic mass is 9.69. The topological polar surface area (TPSA) is 46.3 Å². The Labute approximate surface area is 132 Å². The Kier molecular flexibility index (Phi) is 9.19. The van der Waals surface area contributed by atoms with Gasteiger partial charge in [0.15, 0.2) is 0 Å². The second-order valence-corrected chi connectivity index (χ2v) is 6.96. The Morgan fingerprint density at radius 3 is 1.62 bits per heavy atom. The summed E-state index contributed by atoms with van der Waals surface area (Å²) in [6.45, 7) is 15.4. The van der Waals surface area contributed by atoms with Crippen molar-refractivity contribution in [3.05, 3.63) is 0 Å². The number of hydrogen-bond donors (Lipinski definition) is 1. The molecule has 0 saturated carbocycles. The zero-order valence-corrected chi connectivity index (χ0v) is 15.4. The molecule has 0 aromatic rings. The summed E-state index contributed by atoms with van der Waals surface area (Å²) in [5.74, 6) is -0.101. The first-order chi connectivity index (χ1) is 9.78. The molecule has 0 radical (unpaired) electrons. The average Bonchev–Trinajstić information content (AvgIpc) is 2.36. The van der Waals surface area contributed by atoms with Gasteiger partial charge in [-0.3, -0.25) is 9.69 Å². The first-order valence-electron chi connectivity index (χ1n) is 8.85. The van der Waals surface area contributed by atoms with E-state index in [0.717, 1.165) is 38.5 Å². The van der Waals surface area contributed by atoms with E-state index in [1.54, 1.807) is 0 Å². The largest absolute Gasteiger partial charge is 0.369 e. The average molecular weight is 299 g/mol. The lowest BCUT2D eigenvalue weighted by Gasteiger charge is -2.48. The zero-order chi connectivity index (χ0) is 16.6. The summed E-state index contributed by atoms with van der Waals surface area (Å²) in [6.07, 6.45) is 5.94. The van der Waals surface area contributed by atoms with Crippen molar-refractivity contribution in [3.8, 4) is 0 Å². The van der Waals surface area contributed by atoms with Crippen LogP contribution in [0.3, 0.4) is 0 Å². The van der Waals surface area contributed by atoms with Crippen LogP contribution >= 0.6 is 0 Å². The number of hydrogen-bond acceptors (Lipinski definition) is 2. The maximum Gasteiger partial charge on any atom is 0.225 e. The monoisotopic (exact) mass is 298 g/mol. The number of carbonyl (C=O) groups excluding carboxylic acids is 1. The second kappa shape index (κ2) is 9.45. The highest BCUT2D eigenvalue weighted by Gasteiger charge is 2.46. The molecule has 0 heterocycles. The minimum atomic E-state index is -0.381. The van der Waals surface area contributed by atoms with E-state index in [2.05, 4.69) is 53.4 Å². The van der Waals surface area contributed by atoms with Gasteiger partial charge < -0.3 is 5.73 Å². The van der Waals surface area contributed by atoms with Crippen molar-refractivity contribution in [2.75, 3.05) is 0 Å². The van der Waals surface area contributed by atoms with E-state index in [0.29, 0.717) is 12.1 Å². The van der Waals surface area contributed by atoms with E-state index in [1.807, 2.05) is 0 Å². The highest BCUT2D eigenvalue weighted by Crippen LogP contribution is 2.40. The Bertz CT molecular complexity index is 286. The molecule has 0 aromatic carbocycles. The van der Waals surface area contributed by atoms with Gasteiger partial charge in [0, 0.05) is 18.1 Å². The highest BCUT2D eigenvalue weighted by molar-refractivity contribution is 5.81. The number of nitrogens with two attached hydrogens (primary N) is 1. The van der Waals surface area contributed by atoms with E-state index < -0.39 is 0 Å². The van der Waals surface area contributed by atoms with Gasteiger partial charge in [0.25, 0.3) is 0 Å². The van der Waals surface area contributed by atoms with Crippen molar-refractivity contribution in [1.82, 2.24) is 4.90 Å². The Balaban J connectivity index is 5.83. The quantitative estimate of drug-likeness (QED) is 0.616. The third-order valence-corrected chi connectivity index (χ3v) is 4.64. The molecule has 0 aliphatic carbocycles. The molecule has 0 bridgehead atoms. The first kappa shape index (κ1) is 20.4. The summed E-state index contributed by atoms with van der Waals surface area (Å²) >= 11 is 0. The molecule has 0 fully saturated rings. The van der Waals surface area contributed by atoms with Crippen molar-refractivity contribution in [2.24, 2.45) is 11.1 Å². The summed E-state index contributed by atoms with van der Waals surface area (Å²) in [7, 11) is 0. The molecule has 2 N–H and O–H groups in total. The third kappa shape index (κ3) is 4.98. The highest BCUT2D eigenvalue weighted by atomic mass is 16.1. The Hall–Kier alpha value is -0.570. The molecule has 0 rings (SSSR count). The number of rotatable bonds is 11. The van der Waals surface area contributed by atoms with Crippen LogP contribution < -0.4 is 5.73 Å². The SMILES string of the molecule is CCCC(N(C(C)C)C(C)C)C(CCC)(CCC)C(N)=O. The van der Waals surface area contributed by atoms with Crippen molar-refractivity contribution >= 4 is 5.91 Å². The van der Waals surface area contributed by atoms with Gasteiger partial charge in [-0.15, -0.1) is 0 Å². The summed E-state index contributed by atoms with van der Waals surface area (Å²) in [5, 5.41) is 0. The molecule has 1 atom stereocenters. The van der Waals surface area contributed by atoms with Gasteiger partial charge in [-0.05, 0) is 47.0 Å². The lowest BCUT2D eigenvalue weighted by molar-refractivity contribution is -0.135. The Morgan fingerprint density at radius 1 is 0.952 bits per heavy atom. The molecule has 126 valence electrons. The maximum atomic E-state index is 12.5. The molecule has 1 amide bonds. The molecule has 0 aromatic heterocycles. The summed E-state index contributed by atoms with van der Waals surface area (Å²) < 4.78 is 0. The summed E-state index contributed by atoms with van der Waals surface area (Å²) in [6, 6.07) is 1.10. The zero-order valence-electron chi connectivity index (χ0n) is 15.4. The summed E-state index contributed by atoms with van der Waals surface area (Å²) in [5.41, 5.74) is 5.57. The van der Waals surface area contributed by atoms with Gasteiger partial charge in [-0.1, -0.05) is 40.0 Å². The maximum absolute atomic E-state index is 12.5. The summed E-state index contributed by atoms with van der Waals surface area (Å²) in [4.78, 5) is 15.0. The minimum absolute atomic E-state index is 0.101. The van der Waals surface area contributed by atoms with Crippen molar-refractivity contribution in [2.45, 2.75) is 105 Å². The van der Waals surface area contributed by atoms with E-state index >= 15 is 0 Å². The molecule has 0 aliphatic rings. The van der Waals surface area contributed by atoms with E-state index in [-0.39, 0.29) is 17.4 Å². The van der Waals surface area contributed by atoms with Crippen LogP contribution in [0.5, 0.6) is 0 Å². The van der Waals surface area contributed by atoms with Gasteiger partial charge in [0.05, 0.1) is 5.41 Å². The number of amides is 1. The fourth-order valence-electron chi connectivity index (χ4n) is 4.06. The molecule has 1 unspecified atom stereocenters. The Morgan fingerprint density at radius 2 is 1.38 bits per heavy atom. The van der Waals surface area contributed by atoms with Crippen LogP contribution in [-0.4, -0.2) is 28.9 Å². The fourth-order valence-corrected chi connectivity index (χ4v) is 4.06. The number of nitrogens with zero attached hydrogens (tertiary/aromatic N) is 1. The molecule has 0 saturated heterocycles. The van der Waals surface area contributed by atoms with Gasteiger partial charge >= 0.3 is 0 Å². The molecular weight excluding hydrogens is 260 g/mol. The molecule has 21 heavy (non-hydrogen) atoms. The smallest absolute Gasteiger partial charge is 0.225 e. The standard InChI is InChI=1S/C18H38N2O/c1-8-11-16(20(14(4)5)15(6)7)18(12-9-2,13-10-3)17(19)21/h14-16H,8-13H2,1-7H3,(H2,19,21). The van der Waals surface area contributed by atoms with Crippen LogP contribution in [0.2, 0.25) is 0 Å². The van der Waals surface area contributed by atoms with Crippen LogP contribution in [0, 0.1) is 5.41 Å². The number of carbonyl (C=O) groups is 1. The van der Waals surface area contributed by atoms with Crippen LogP contribution in [-0.2, 0) is 4.79 Å². The van der Waals surface area contributed by atoms with Gasteiger partial charge in [-0.2, -0.15) is 0 Å². The van der Waals surface area contributed by atoms with Crippen molar-refractivity contribution in [3.63, 3.8) is 0 Å². The molecule has 3 heteroatoms. The van der Waals surface area contributed by atoms with Crippen LogP contribution in [0.1, 0.15) is 87.0 Å². The third-order valence-electron chi connectivity index (χ3n) is 4.64. The van der Waals surface area contributed by atoms with Crippen molar-refractivity contribution < 1.29 is 4.79 Å². The fraction of sp³-hybridized carbons (Fsp3) is 0.944. The molecular formula is C18H38N2O. The van der Waals surface area contributed by atoms with E-state index in [9.17, 15) is 4.79 Å². The second-order valence-electron chi connectivity index (χ2n) is 6.96. The van der Waals surface area contributed by atoms with Crippen LogP contribution in [0.4, 0.5) is 0 Å². The predicted molar refractivity (Wildman–Crippen MR) is 92.3 cm³/mol. The van der Waals surface area contributed by atoms with Crippen LogP contribution in [0.15, 0.2) is 0 Å². The molecule has 3 nitrogen and oxygen atoms in total. The van der Waals surface area contributed by atoms with Gasteiger partial charge in [0.1, 0.15) is 0 Å². The van der Waals surface area contributed by atoms with Crippen LogP contribution in [0.25, 0.3) is 0 Å². The predicted octanol–water partition coefficient (Wildman–Crippen LogP) is 4.35. The van der Waals surface area contributed by atoms with Crippen molar-refractivity contribution in [1.29, 1.82) is 0 Å². The molecule has 0 aliphatic heterocycles. The number of primary amides is 1. The lowest BCUT2D eigenvalue weighted by Crippen LogP contribution is -2.58. The minimum Gasteiger partial charge on any atom is -0.369 e. The van der Waals surface area contributed by atoms with E-state index in [1.165, 1.54) is 0 Å². The van der Waals surface area contributed by atoms with Gasteiger partial charge in [-0.25, -0.2) is 0 Å². The normalized spacial score (nSPS) is 14.2. The molecule has 0 spiro atoms. The van der Waals surface area contributed by atoms with Gasteiger partial charge in [0.2, 0.25) is 5.91 Å². The van der Waals surface area contributed by atoms with E-state index in [4.69, 9.17) is 5.73 Å². The first-order valence-corrected chi connectivity index (χ1v) is 8.85.